The summed E-state index contributed by atoms with van der Waals surface area (Å²) in [5.74, 6) is 0.532. The molecule has 100 valence electrons. The van der Waals surface area contributed by atoms with Gasteiger partial charge in [0, 0.05) is 6.42 Å². The number of benzene rings is 2. The van der Waals surface area contributed by atoms with E-state index >= 15 is 0 Å². The molecular formula is C15H12FN3O. The van der Waals surface area contributed by atoms with E-state index in [9.17, 15) is 9.50 Å². The predicted molar refractivity (Wildman–Crippen MR) is 72.2 cm³/mol. The van der Waals surface area contributed by atoms with Crippen molar-refractivity contribution in [3.05, 3.63) is 72.1 Å². The van der Waals surface area contributed by atoms with Gasteiger partial charge in [-0.1, -0.05) is 24.3 Å². The van der Waals surface area contributed by atoms with E-state index in [0.29, 0.717) is 17.9 Å². The molecule has 0 saturated carbocycles. The van der Waals surface area contributed by atoms with Crippen molar-refractivity contribution < 1.29 is 9.50 Å². The Labute approximate surface area is 115 Å². The Balaban J connectivity index is 1.95. The Kier molecular flexibility index (Phi) is 3.16. The fourth-order valence-electron chi connectivity index (χ4n) is 2.02. The number of hydrogen-bond donors (Lipinski definition) is 1. The Hall–Kier alpha value is -2.69. The number of aromatic nitrogens is 3. The molecule has 0 bridgehead atoms. The Morgan fingerprint density at radius 3 is 2.55 bits per heavy atom. The highest BCUT2D eigenvalue weighted by Crippen LogP contribution is 2.17. The molecular weight excluding hydrogens is 257 g/mol. The summed E-state index contributed by atoms with van der Waals surface area (Å²) >= 11 is 0. The van der Waals surface area contributed by atoms with Gasteiger partial charge in [0.15, 0.2) is 0 Å². The fourth-order valence-corrected chi connectivity index (χ4v) is 2.02. The zero-order valence-corrected chi connectivity index (χ0v) is 10.6. The second kappa shape index (κ2) is 5.13. The van der Waals surface area contributed by atoms with Gasteiger partial charge in [-0.2, -0.15) is 0 Å². The zero-order chi connectivity index (χ0) is 13.9. The minimum absolute atomic E-state index is 0.212. The monoisotopic (exact) mass is 269 g/mol. The third-order valence-electron chi connectivity index (χ3n) is 3.03. The number of aromatic hydroxyl groups is 1. The van der Waals surface area contributed by atoms with Crippen molar-refractivity contribution in [2.75, 3.05) is 0 Å². The maximum atomic E-state index is 13.8. The number of hydrogen-bond acceptors (Lipinski definition) is 3. The number of halogens is 1. The van der Waals surface area contributed by atoms with E-state index in [2.05, 4.69) is 10.2 Å². The van der Waals surface area contributed by atoms with Gasteiger partial charge in [-0.15, -0.1) is 10.2 Å². The first-order chi connectivity index (χ1) is 9.74. The van der Waals surface area contributed by atoms with Crippen molar-refractivity contribution in [2.24, 2.45) is 0 Å². The number of rotatable bonds is 3. The number of phenols is 1. The summed E-state index contributed by atoms with van der Waals surface area (Å²) in [7, 11) is 0. The van der Waals surface area contributed by atoms with Crippen LogP contribution < -0.4 is 0 Å². The topological polar surface area (TPSA) is 50.9 Å². The van der Waals surface area contributed by atoms with Crippen LogP contribution >= 0.6 is 0 Å². The van der Waals surface area contributed by atoms with E-state index in [0.717, 1.165) is 5.56 Å². The average Bonchev–Trinajstić information content (AvgIpc) is 2.90. The lowest BCUT2D eigenvalue weighted by Gasteiger charge is -2.07. The maximum absolute atomic E-state index is 13.8. The first-order valence-corrected chi connectivity index (χ1v) is 6.16. The molecule has 0 amide bonds. The Morgan fingerprint density at radius 2 is 1.80 bits per heavy atom. The van der Waals surface area contributed by atoms with Gasteiger partial charge >= 0.3 is 0 Å². The van der Waals surface area contributed by atoms with Crippen molar-refractivity contribution in [3.63, 3.8) is 0 Å². The van der Waals surface area contributed by atoms with E-state index in [4.69, 9.17) is 0 Å². The smallest absolute Gasteiger partial charge is 0.147 e. The van der Waals surface area contributed by atoms with Crippen LogP contribution in [0.15, 0.2) is 54.9 Å². The van der Waals surface area contributed by atoms with E-state index in [1.807, 2.05) is 0 Å². The molecule has 0 atom stereocenters. The Bertz CT molecular complexity index is 722. The zero-order valence-electron chi connectivity index (χ0n) is 10.6. The van der Waals surface area contributed by atoms with E-state index in [1.54, 1.807) is 47.0 Å². The third-order valence-corrected chi connectivity index (χ3v) is 3.03. The molecule has 0 radical (unpaired) electrons. The minimum atomic E-state index is -0.320. The molecule has 4 nitrogen and oxygen atoms in total. The van der Waals surface area contributed by atoms with Gasteiger partial charge in [0.25, 0.3) is 0 Å². The molecule has 1 N–H and O–H groups in total. The number of para-hydroxylation sites is 1. The van der Waals surface area contributed by atoms with Crippen molar-refractivity contribution in [3.8, 4) is 11.4 Å². The molecule has 0 aliphatic rings. The van der Waals surface area contributed by atoms with Crippen LogP contribution in [0, 0.1) is 5.82 Å². The summed E-state index contributed by atoms with van der Waals surface area (Å²) in [6, 6.07) is 13.3. The number of nitrogens with zero attached hydrogens (tertiary/aromatic N) is 3. The number of phenolic OH excluding ortho intramolecular Hbond substituents is 1. The fraction of sp³-hybridized carbons (Fsp3) is 0.0667. The molecule has 0 unspecified atom stereocenters. The van der Waals surface area contributed by atoms with Crippen molar-refractivity contribution in [1.82, 2.24) is 14.8 Å². The summed E-state index contributed by atoms with van der Waals surface area (Å²) < 4.78 is 15.4. The molecule has 5 heteroatoms. The maximum Gasteiger partial charge on any atom is 0.147 e. The largest absolute Gasteiger partial charge is 0.508 e. The summed E-state index contributed by atoms with van der Waals surface area (Å²) in [6.45, 7) is 0. The molecule has 1 heterocycles. The normalized spacial score (nSPS) is 10.7. The molecule has 0 aliphatic carbocycles. The van der Waals surface area contributed by atoms with Gasteiger partial charge in [-0.25, -0.2) is 4.39 Å². The second-order valence-corrected chi connectivity index (χ2v) is 4.41. The van der Waals surface area contributed by atoms with E-state index in [1.165, 1.54) is 12.4 Å². The Morgan fingerprint density at radius 1 is 1.05 bits per heavy atom. The summed E-state index contributed by atoms with van der Waals surface area (Å²) in [6.07, 6.45) is 2.00. The van der Waals surface area contributed by atoms with Crippen LogP contribution in [0.2, 0.25) is 0 Å². The lowest BCUT2D eigenvalue weighted by molar-refractivity contribution is 0.475. The predicted octanol–water partition coefficient (Wildman–Crippen LogP) is 2.70. The molecule has 3 aromatic rings. The SMILES string of the molecule is Oc1ccc(Cc2nncn2-c2ccccc2F)cc1. The second-order valence-electron chi connectivity index (χ2n) is 4.41. The average molecular weight is 269 g/mol. The molecule has 0 fully saturated rings. The van der Waals surface area contributed by atoms with Crippen molar-refractivity contribution >= 4 is 0 Å². The van der Waals surface area contributed by atoms with Crippen LogP contribution in [0.5, 0.6) is 5.75 Å². The van der Waals surface area contributed by atoms with Gasteiger partial charge in [-0.05, 0) is 29.8 Å². The van der Waals surface area contributed by atoms with Gasteiger partial charge in [-0.3, -0.25) is 4.57 Å². The van der Waals surface area contributed by atoms with Crippen LogP contribution in [-0.4, -0.2) is 19.9 Å². The van der Waals surface area contributed by atoms with Crippen LogP contribution in [-0.2, 0) is 6.42 Å². The van der Waals surface area contributed by atoms with Gasteiger partial charge in [0.2, 0.25) is 0 Å². The summed E-state index contributed by atoms with van der Waals surface area (Å²) in [5, 5.41) is 17.2. The van der Waals surface area contributed by atoms with Gasteiger partial charge < -0.3 is 5.11 Å². The first kappa shape index (κ1) is 12.3. The highest BCUT2D eigenvalue weighted by atomic mass is 19.1. The molecule has 0 aliphatic heterocycles. The van der Waals surface area contributed by atoms with E-state index in [-0.39, 0.29) is 11.6 Å². The lowest BCUT2D eigenvalue weighted by Crippen LogP contribution is -2.03. The summed E-state index contributed by atoms with van der Waals surface area (Å²) in [5.41, 5.74) is 1.39. The van der Waals surface area contributed by atoms with Gasteiger partial charge in [0.1, 0.15) is 23.7 Å². The van der Waals surface area contributed by atoms with Gasteiger partial charge in [0.05, 0.1) is 5.69 Å². The highest BCUT2D eigenvalue weighted by molar-refractivity contribution is 5.35. The molecule has 2 aromatic carbocycles. The van der Waals surface area contributed by atoms with Crippen molar-refractivity contribution in [2.45, 2.75) is 6.42 Å². The lowest BCUT2D eigenvalue weighted by atomic mass is 10.1. The summed E-state index contributed by atoms with van der Waals surface area (Å²) in [4.78, 5) is 0. The first-order valence-electron chi connectivity index (χ1n) is 6.16. The van der Waals surface area contributed by atoms with Crippen molar-refractivity contribution in [1.29, 1.82) is 0 Å². The van der Waals surface area contributed by atoms with Crippen LogP contribution in [0.1, 0.15) is 11.4 Å². The van der Waals surface area contributed by atoms with Crippen LogP contribution in [0.4, 0.5) is 4.39 Å². The highest BCUT2D eigenvalue weighted by Gasteiger charge is 2.10. The molecule has 20 heavy (non-hydrogen) atoms. The third kappa shape index (κ3) is 2.38. The quantitative estimate of drug-likeness (QED) is 0.795. The minimum Gasteiger partial charge on any atom is -0.508 e. The molecule has 0 saturated heterocycles. The molecule has 1 aromatic heterocycles. The van der Waals surface area contributed by atoms with E-state index < -0.39 is 0 Å². The standard InChI is InChI=1S/C15H12FN3O/c16-13-3-1-2-4-14(13)19-10-17-18-15(19)9-11-5-7-12(20)8-6-11/h1-8,10,20H,9H2. The van der Waals surface area contributed by atoms with Crippen LogP contribution in [0.3, 0.4) is 0 Å². The van der Waals surface area contributed by atoms with Crippen LogP contribution in [0.25, 0.3) is 5.69 Å². The molecule has 3 rings (SSSR count). The molecule has 0 spiro atoms.